The molecule has 1 aliphatic carbocycles. The van der Waals surface area contributed by atoms with Crippen LogP contribution in [-0.4, -0.2) is 28.6 Å². The van der Waals surface area contributed by atoms with Crippen LogP contribution in [0.5, 0.6) is 0 Å². The first-order chi connectivity index (χ1) is 5.91. The van der Waals surface area contributed by atoms with E-state index in [2.05, 4.69) is 0 Å². The molecule has 0 aromatic heterocycles. The number of carbonyl (C=O) groups excluding carboxylic acids is 1. The number of Topliss-reactive ketones (excluding diaryl/α,β-unsaturated/α-hetero) is 1. The van der Waals surface area contributed by atoms with Gasteiger partial charge in [-0.05, 0) is 11.8 Å². The minimum atomic E-state index is -0.855. The maximum atomic E-state index is 11.1. The number of ketones is 1. The summed E-state index contributed by atoms with van der Waals surface area (Å²) in [6.07, 6.45) is 0.363. The predicted molar refractivity (Wildman–Crippen MR) is 45.1 cm³/mol. The molecule has 13 heavy (non-hydrogen) atoms. The predicted octanol–water partition coefficient (Wildman–Crippen LogP) is 0.295. The van der Waals surface area contributed by atoms with Gasteiger partial charge in [0.15, 0.2) is 5.78 Å². The number of aliphatic carboxylic acids is 1. The number of hydrogen-bond donors (Lipinski definition) is 2. The quantitative estimate of drug-likeness (QED) is 0.664. The van der Waals surface area contributed by atoms with Gasteiger partial charge >= 0.3 is 5.97 Å². The number of carboxylic acids is 1. The third kappa shape index (κ3) is 1.46. The van der Waals surface area contributed by atoms with E-state index in [0.29, 0.717) is 6.42 Å². The molecule has 2 N–H and O–H groups in total. The summed E-state index contributed by atoms with van der Waals surface area (Å²) < 4.78 is 0. The Hall–Kier alpha value is -0.900. The summed E-state index contributed by atoms with van der Waals surface area (Å²) in [6, 6.07) is 0. The third-order valence-electron chi connectivity index (χ3n) is 3.11. The summed E-state index contributed by atoms with van der Waals surface area (Å²) in [4.78, 5) is 21.8. The molecule has 0 saturated heterocycles. The largest absolute Gasteiger partial charge is 0.481 e. The molecule has 1 rings (SSSR count). The van der Waals surface area contributed by atoms with E-state index in [1.165, 1.54) is 0 Å². The number of aliphatic hydroxyl groups is 1. The summed E-state index contributed by atoms with van der Waals surface area (Å²) >= 11 is 0. The average Bonchev–Trinajstić information content (AvgIpc) is 2.01. The lowest BCUT2D eigenvalue weighted by molar-refractivity contribution is -0.163. The van der Waals surface area contributed by atoms with Gasteiger partial charge in [-0.1, -0.05) is 13.8 Å². The minimum absolute atomic E-state index is 0.248. The van der Waals surface area contributed by atoms with Crippen LogP contribution in [-0.2, 0) is 9.59 Å². The van der Waals surface area contributed by atoms with Crippen molar-refractivity contribution < 1.29 is 19.8 Å². The second kappa shape index (κ2) is 3.10. The number of aliphatic hydroxyl groups excluding tert-OH is 1. The van der Waals surface area contributed by atoms with Crippen molar-refractivity contribution >= 4 is 11.8 Å². The van der Waals surface area contributed by atoms with Crippen LogP contribution >= 0.6 is 0 Å². The van der Waals surface area contributed by atoms with Gasteiger partial charge < -0.3 is 10.2 Å². The highest BCUT2D eigenvalue weighted by molar-refractivity contribution is 5.86. The zero-order valence-electron chi connectivity index (χ0n) is 7.78. The zero-order chi connectivity index (χ0) is 10.2. The van der Waals surface area contributed by atoms with E-state index in [1.807, 2.05) is 0 Å². The number of hydrogen-bond acceptors (Lipinski definition) is 3. The topological polar surface area (TPSA) is 74.6 Å². The normalized spacial score (nSPS) is 30.7. The Labute approximate surface area is 76.6 Å². The van der Waals surface area contributed by atoms with Gasteiger partial charge in [0.25, 0.3) is 0 Å². The fourth-order valence-electron chi connectivity index (χ4n) is 2.00. The van der Waals surface area contributed by atoms with Gasteiger partial charge in [0.2, 0.25) is 0 Å². The summed E-state index contributed by atoms with van der Waals surface area (Å²) in [6.45, 7) is 3.03. The first-order valence-electron chi connectivity index (χ1n) is 4.27. The van der Waals surface area contributed by atoms with Crippen LogP contribution in [0.25, 0.3) is 0 Å². The molecule has 0 unspecified atom stereocenters. The Bertz CT molecular complexity index is 244. The molecule has 1 aliphatic rings. The monoisotopic (exact) mass is 186 g/mol. The van der Waals surface area contributed by atoms with Crippen molar-refractivity contribution in [2.45, 2.75) is 20.3 Å². The van der Waals surface area contributed by atoms with Crippen molar-refractivity contribution in [3.63, 3.8) is 0 Å². The van der Waals surface area contributed by atoms with Crippen LogP contribution in [0.1, 0.15) is 20.3 Å². The van der Waals surface area contributed by atoms with Gasteiger partial charge in [-0.3, -0.25) is 9.59 Å². The standard InChI is InChI=1S/C9H14O4/c1-9(2)5(7(11)4-10)3-6(9)8(12)13/h5-6,10H,3-4H2,1-2H3,(H,12,13)/t5-,6+/m1/s1. The van der Waals surface area contributed by atoms with Crippen molar-refractivity contribution in [2.24, 2.45) is 17.3 Å². The van der Waals surface area contributed by atoms with Crippen LogP contribution in [0.2, 0.25) is 0 Å². The molecule has 0 radical (unpaired) electrons. The lowest BCUT2D eigenvalue weighted by atomic mass is 9.53. The molecule has 0 bridgehead atoms. The van der Waals surface area contributed by atoms with E-state index < -0.39 is 23.9 Å². The maximum Gasteiger partial charge on any atom is 0.307 e. The van der Waals surface area contributed by atoms with E-state index in [-0.39, 0.29) is 11.7 Å². The number of carbonyl (C=O) groups is 2. The van der Waals surface area contributed by atoms with Gasteiger partial charge in [0.05, 0.1) is 5.92 Å². The molecule has 4 heteroatoms. The molecule has 2 atom stereocenters. The molecule has 1 saturated carbocycles. The molecular weight excluding hydrogens is 172 g/mol. The van der Waals surface area contributed by atoms with E-state index in [4.69, 9.17) is 10.2 Å². The van der Waals surface area contributed by atoms with Gasteiger partial charge in [0, 0.05) is 5.92 Å². The summed E-state index contributed by atoms with van der Waals surface area (Å²) in [7, 11) is 0. The summed E-state index contributed by atoms with van der Waals surface area (Å²) in [5.41, 5.74) is -0.508. The SMILES string of the molecule is CC1(C)[C@@H](C(=O)CO)C[C@H]1C(=O)O. The molecule has 4 nitrogen and oxygen atoms in total. The van der Waals surface area contributed by atoms with Crippen LogP contribution in [0.15, 0.2) is 0 Å². The van der Waals surface area contributed by atoms with Crippen molar-refractivity contribution in [1.82, 2.24) is 0 Å². The molecule has 74 valence electrons. The molecule has 0 aromatic rings. The van der Waals surface area contributed by atoms with Crippen LogP contribution < -0.4 is 0 Å². The smallest absolute Gasteiger partial charge is 0.307 e. The third-order valence-corrected chi connectivity index (χ3v) is 3.11. The van der Waals surface area contributed by atoms with E-state index in [0.717, 1.165) is 0 Å². The number of rotatable bonds is 3. The van der Waals surface area contributed by atoms with Crippen LogP contribution in [0.3, 0.4) is 0 Å². The highest BCUT2D eigenvalue weighted by Crippen LogP contribution is 2.51. The maximum absolute atomic E-state index is 11.1. The van der Waals surface area contributed by atoms with Gasteiger partial charge in [0.1, 0.15) is 6.61 Å². The van der Waals surface area contributed by atoms with Gasteiger partial charge in [-0.25, -0.2) is 0 Å². The highest BCUT2D eigenvalue weighted by Gasteiger charge is 2.54. The fourth-order valence-corrected chi connectivity index (χ4v) is 2.00. The van der Waals surface area contributed by atoms with Gasteiger partial charge in [-0.15, -0.1) is 0 Å². The molecule has 0 spiro atoms. The summed E-state index contributed by atoms with van der Waals surface area (Å²) in [5, 5.41) is 17.4. The fraction of sp³-hybridized carbons (Fsp3) is 0.778. The first-order valence-corrected chi connectivity index (χ1v) is 4.27. The molecule has 0 aliphatic heterocycles. The Morgan fingerprint density at radius 1 is 1.38 bits per heavy atom. The van der Waals surface area contributed by atoms with Gasteiger partial charge in [-0.2, -0.15) is 0 Å². The van der Waals surface area contributed by atoms with Crippen molar-refractivity contribution in [3.8, 4) is 0 Å². The minimum Gasteiger partial charge on any atom is -0.481 e. The molecule has 0 amide bonds. The van der Waals surface area contributed by atoms with Crippen LogP contribution in [0, 0.1) is 17.3 Å². The molecule has 1 fully saturated rings. The molecule has 0 aromatic carbocycles. The van der Waals surface area contributed by atoms with Crippen LogP contribution in [0.4, 0.5) is 0 Å². The Morgan fingerprint density at radius 2 is 1.92 bits per heavy atom. The molecule has 0 heterocycles. The number of carboxylic acid groups (broad SMARTS) is 1. The van der Waals surface area contributed by atoms with Crippen molar-refractivity contribution in [1.29, 1.82) is 0 Å². The zero-order valence-corrected chi connectivity index (χ0v) is 7.78. The lowest BCUT2D eigenvalue weighted by Gasteiger charge is -2.48. The average molecular weight is 186 g/mol. The van der Waals surface area contributed by atoms with E-state index in [1.54, 1.807) is 13.8 Å². The second-order valence-electron chi connectivity index (χ2n) is 4.12. The van der Waals surface area contributed by atoms with Crippen molar-refractivity contribution in [3.05, 3.63) is 0 Å². The van der Waals surface area contributed by atoms with E-state index >= 15 is 0 Å². The highest BCUT2D eigenvalue weighted by atomic mass is 16.4. The van der Waals surface area contributed by atoms with Crippen molar-refractivity contribution in [2.75, 3.05) is 6.61 Å². The second-order valence-corrected chi connectivity index (χ2v) is 4.12. The lowest BCUT2D eigenvalue weighted by Crippen LogP contribution is -2.52. The van der Waals surface area contributed by atoms with E-state index in [9.17, 15) is 9.59 Å². The molecular formula is C9H14O4. The summed E-state index contributed by atoms with van der Waals surface area (Å²) in [5.74, 6) is -1.85. The Kier molecular flexibility index (Phi) is 2.43. The Morgan fingerprint density at radius 3 is 2.23 bits per heavy atom. The Balaban J connectivity index is 2.69. The first kappa shape index (κ1) is 10.2.